The maximum absolute atomic E-state index is 12.9. The Bertz CT molecular complexity index is 1550. The number of nitrogens with zero attached hydrogens (tertiary/aromatic N) is 7. The summed E-state index contributed by atoms with van der Waals surface area (Å²) in [5.74, 6) is 2.10. The van der Waals surface area contributed by atoms with E-state index >= 15 is 0 Å². The highest BCUT2D eigenvalue weighted by Crippen LogP contribution is 2.35. The summed E-state index contributed by atoms with van der Waals surface area (Å²) in [5.41, 5.74) is 2.74. The Balaban J connectivity index is 1.02. The lowest BCUT2D eigenvalue weighted by Gasteiger charge is -2.35. The molecule has 4 fully saturated rings. The van der Waals surface area contributed by atoms with Gasteiger partial charge in [0.25, 0.3) is 5.91 Å². The Morgan fingerprint density at radius 2 is 1.30 bits per heavy atom. The lowest BCUT2D eigenvalue weighted by molar-refractivity contribution is 0.0643. The maximum atomic E-state index is 12.9. The van der Waals surface area contributed by atoms with Crippen molar-refractivity contribution in [2.45, 2.75) is 70.6 Å². The van der Waals surface area contributed by atoms with E-state index in [2.05, 4.69) is 46.1 Å². The number of hydrogen-bond acceptors (Lipinski definition) is 9. The van der Waals surface area contributed by atoms with Crippen molar-refractivity contribution in [3.63, 3.8) is 0 Å². The molecular weight excluding hydrogens is 594 g/mol. The number of benzene rings is 2. The van der Waals surface area contributed by atoms with E-state index in [9.17, 15) is 9.59 Å². The minimum absolute atomic E-state index is 0.0241. The van der Waals surface area contributed by atoms with Crippen LogP contribution in [-0.2, 0) is 4.74 Å². The third kappa shape index (κ3) is 6.62. The number of aromatic nitrogens is 3. The number of carbonyl (C=O) groups excluding carboxylic acids is 2. The van der Waals surface area contributed by atoms with Crippen LogP contribution in [0.2, 0.25) is 0 Å². The summed E-state index contributed by atoms with van der Waals surface area (Å²) < 4.78 is 5.83. The van der Waals surface area contributed by atoms with Crippen LogP contribution in [-0.4, -0.2) is 107 Å². The van der Waals surface area contributed by atoms with Gasteiger partial charge in [0.15, 0.2) is 5.82 Å². The highest BCUT2D eigenvalue weighted by Gasteiger charge is 2.40. The van der Waals surface area contributed by atoms with Crippen LogP contribution in [0.15, 0.2) is 48.5 Å². The fraction of sp³-hybridized carbons (Fsp3) is 0.514. The topological polar surface area (TPSA) is 119 Å². The Labute approximate surface area is 276 Å². The smallest absolute Gasteiger partial charge is 0.323 e. The van der Waals surface area contributed by atoms with Crippen molar-refractivity contribution in [3.05, 3.63) is 54.1 Å². The third-order valence-electron chi connectivity index (χ3n) is 10.2. The molecule has 12 heteroatoms. The Hall–Kier alpha value is -4.29. The second-order valence-corrected chi connectivity index (χ2v) is 13.2. The predicted octanol–water partition coefficient (Wildman–Crippen LogP) is 4.71. The van der Waals surface area contributed by atoms with Gasteiger partial charge in [-0.3, -0.25) is 4.79 Å². The van der Waals surface area contributed by atoms with Crippen molar-refractivity contribution in [1.29, 1.82) is 0 Å². The van der Waals surface area contributed by atoms with Gasteiger partial charge in [-0.2, -0.15) is 15.0 Å². The minimum atomic E-state index is -0.364. The lowest BCUT2D eigenvalue weighted by atomic mass is 10.1. The highest BCUT2D eigenvalue weighted by atomic mass is 16.5. The fourth-order valence-electron chi connectivity index (χ4n) is 7.40. The maximum Gasteiger partial charge on any atom is 0.323 e. The molecule has 1 aromatic heterocycles. The second-order valence-electron chi connectivity index (χ2n) is 13.2. The molecule has 0 radical (unpaired) electrons. The standard InChI is InChI=1S/C35H45N9O3/c1-4-41-17-19-42(20-18-41)32(45)26-9-13-28(14-10-26)37-35(46)36-27-11-7-25(8-12-27)31-38-33(43-23(2)5-6-24(43)3)40-34(39-31)44-29-15-16-30(44)22-47-21-29/h7-14,23-24,29-30H,4-6,15-22H2,1-3H3,(H2,36,37,46)/t23-,24+,29?,30?. The largest absolute Gasteiger partial charge is 0.377 e. The molecule has 4 atom stereocenters. The normalized spacial score (nSPS) is 24.4. The number of urea groups is 1. The van der Waals surface area contributed by atoms with Crippen molar-refractivity contribution in [2.75, 3.05) is 66.4 Å². The molecule has 7 rings (SSSR count). The average Bonchev–Trinajstić information content (AvgIpc) is 3.57. The molecule has 5 heterocycles. The number of morpholine rings is 1. The van der Waals surface area contributed by atoms with Crippen LogP contribution < -0.4 is 20.4 Å². The number of fused-ring (bicyclic) bond motifs is 2. The van der Waals surface area contributed by atoms with Crippen LogP contribution >= 0.6 is 0 Å². The molecule has 4 aliphatic rings. The molecule has 4 saturated heterocycles. The SMILES string of the molecule is CCN1CCN(C(=O)c2ccc(NC(=O)Nc3ccc(-c4nc(N5C6CCC5COC6)nc(N5[C@H](C)CC[C@@H]5C)n4)cc3)cc2)CC1. The number of likely N-dealkylation sites (N-methyl/N-ethyl adjacent to an activating group) is 1. The van der Waals surface area contributed by atoms with Gasteiger partial charge in [-0.05, 0) is 94.6 Å². The summed E-state index contributed by atoms with van der Waals surface area (Å²) in [4.78, 5) is 49.7. The van der Waals surface area contributed by atoms with E-state index in [1.165, 1.54) is 0 Å². The molecule has 2 N–H and O–H groups in total. The minimum Gasteiger partial charge on any atom is -0.377 e. The molecule has 12 nitrogen and oxygen atoms in total. The van der Waals surface area contributed by atoms with Crippen LogP contribution in [0.4, 0.5) is 28.1 Å². The first-order chi connectivity index (χ1) is 22.9. The third-order valence-corrected chi connectivity index (χ3v) is 10.2. The van der Waals surface area contributed by atoms with Crippen LogP contribution in [0.3, 0.4) is 0 Å². The van der Waals surface area contributed by atoms with Gasteiger partial charge in [-0.15, -0.1) is 0 Å². The summed E-state index contributed by atoms with van der Waals surface area (Å²) in [5, 5.41) is 5.77. The zero-order chi connectivity index (χ0) is 32.5. The van der Waals surface area contributed by atoms with E-state index in [4.69, 9.17) is 19.7 Å². The van der Waals surface area contributed by atoms with E-state index < -0.39 is 0 Å². The summed E-state index contributed by atoms with van der Waals surface area (Å²) in [7, 11) is 0. The van der Waals surface area contributed by atoms with Gasteiger partial charge in [0.2, 0.25) is 11.9 Å². The molecule has 4 aliphatic heterocycles. The number of rotatable bonds is 7. The lowest BCUT2D eigenvalue weighted by Crippen LogP contribution is -2.48. The van der Waals surface area contributed by atoms with Crippen molar-refractivity contribution >= 4 is 35.2 Å². The monoisotopic (exact) mass is 639 g/mol. The summed E-state index contributed by atoms with van der Waals surface area (Å²) in [6.45, 7) is 12.3. The Morgan fingerprint density at radius 1 is 0.745 bits per heavy atom. The zero-order valence-electron chi connectivity index (χ0n) is 27.6. The van der Waals surface area contributed by atoms with E-state index in [0.717, 1.165) is 75.9 Å². The number of ether oxygens (including phenoxy) is 1. The Kier molecular flexibility index (Phi) is 8.96. The molecule has 0 spiro atoms. The predicted molar refractivity (Wildman–Crippen MR) is 183 cm³/mol. The molecule has 2 bridgehead atoms. The number of nitrogens with one attached hydrogen (secondary N) is 2. The van der Waals surface area contributed by atoms with Crippen LogP contribution in [0, 0.1) is 0 Å². The van der Waals surface area contributed by atoms with Gasteiger partial charge in [0, 0.05) is 60.8 Å². The molecule has 2 aromatic carbocycles. The first-order valence-corrected chi connectivity index (χ1v) is 17.1. The van der Waals surface area contributed by atoms with Gasteiger partial charge >= 0.3 is 6.03 Å². The second kappa shape index (κ2) is 13.4. The van der Waals surface area contributed by atoms with E-state index in [-0.39, 0.29) is 24.0 Å². The van der Waals surface area contributed by atoms with Crippen molar-refractivity contribution in [3.8, 4) is 11.4 Å². The first kappa shape index (κ1) is 31.3. The molecule has 2 unspecified atom stereocenters. The highest BCUT2D eigenvalue weighted by molar-refractivity contribution is 6.00. The number of hydrogen-bond donors (Lipinski definition) is 2. The number of piperazine rings is 1. The fourth-order valence-corrected chi connectivity index (χ4v) is 7.40. The first-order valence-electron chi connectivity index (χ1n) is 17.1. The molecule has 47 heavy (non-hydrogen) atoms. The molecule has 248 valence electrons. The van der Waals surface area contributed by atoms with Gasteiger partial charge in [-0.25, -0.2) is 4.79 Å². The number of carbonyl (C=O) groups is 2. The molecule has 3 aromatic rings. The van der Waals surface area contributed by atoms with Gasteiger partial charge in [0.05, 0.1) is 25.3 Å². The quantitative estimate of drug-likeness (QED) is 0.379. The van der Waals surface area contributed by atoms with E-state index in [1.54, 1.807) is 24.3 Å². The van der Waals surface area contributed by atoms with Crippen molar-refractivity contribution < 1.29 is 14.3 Å². The summed E-state index contributed by atoms with van der Waals surface area (Å²) in [6.07, 6.45) is 4.39. The van der Waals surface area contributed by atoms with Crippen LogP contribution in [0.5, 0.6) is 0 Å². The van der Waals surface area contributed by atoms with Gasteiger partial charge < -0.3 is 35.0 Å². The molecule has 0 saturated carbocycles. The Morgan fingerprint density at radius 3 is 1.87 bits per heavy atom. The number of amides is 3. The average molecular weight is 640 g/mol. The van der Waals surface area contributed by atoms with Gasteiger partial charge in [0.1, 0.15) is 0 Å². The van der Waals surface area contributed by atoms with Crippen LogP contribution in [0.1, 0.15) is 56.8 Å². The summed E-state index contributed by atoms with van der Waals surface area (Å²) in [6, 6.07) is 15.6. The van der Waals surface area contributed by atoms with E-state index in [0.29, 0.717) is 48.1 Å². The zero-order valence-corrected chi connectivity index (χ0v) is 27.6. The molecule has 0 aliphatic carbocycles. The van der Waals surface area contributed by atoms with E-state index in [1.807, 2.05) is 29.2 Å². The molecular formula is C35H45N9O3. The van der Waals surface area contributed by atoms with Crippen molar-refractivity contribution in [2.24, 2.45) is 0 Å². The summed E-state index contributed by atoms with van der Waals surface area (Å²) >= 11 is 0. The number of anilines is 4. The molecule has 3 amide bonds. The van der Waals surface area contributed by atoms with Crippen molar-refractivity contribution in [1.82, 2.24) is 24.8 Å². The van der Waals surface area contributed by atoms with Crippen LogP contribution in [0.25, 0.3) is 11.4 Å². The van der Waals surface area contributed by atoms with Gasteiger partial charge in [-0.1, -0.05) is 6.92 Å².